The third-order valence-electron chi connectivity index (χ3n) is 5.52. The number of hydrogen-bond donors (Lipinski definition) is 2. The maximum absolute atomic E-state index is 15.6. The molecule has 2 N–H and O–H groups in total. The molecule has 0 bridgehead atoms. The van der Waals surface area contributed by atoms with Crippen LogP contribution in [-0.2, 0) is 10.0 Å². The Labute approximate surface area is 235 Å². The van der Waals surface area contributed by atoms with Crippen LogP contribution in [0.4, 0.5) is 39.7 Å². The Balaban J connectivity index is 1.76. The molecule has 2 aromatic heterocycles. The van der Waals surface area contributed by atoms with Gasteiger partial charge in [0.05, 0.1) is 19.9 Å². The number of sulfonamides is 1. The fourth-order valence-corrected chi connectivity index (χ4v) is 4.65. The summed E-state index contributed by atoms with van der Waals surface area (Å²) in [6.45, 7) is 0. The van der Waals surface area contributed by atoms with Gasteiger partial charge in [-0.1, -0.05) is 5.16 Å². The summed E-state index contributed by atoms with van der Waals surface area (Å²) in [5, 5.41) is 5.85. The molecule has 17 heteroatoms. The zero-order chi connectivity index (χ0) is 30.7. The maximum atomic E-state index is 15.6. The third-order valence-corrected chi connectivity index (χ3v) is 6.86. The highest BCUT2D eigenvalue weighted by Gasteiger charge is 2.32. The lowest BCUT2D eigenvalue weighted by molar-refractivity contribution is -0.274. The van der Waals surface area contributed by atoms with Gasteiger partial charge in [-0.05, 0) is 35.9 Å². The Kier molecular flexibility index (Phi) is 8.41. The normalized spacial score (nSPS) is 11.5. The van der Waals surface area contributed by atoms with Gasteiger partial charge in [0.2, 0.25) is 0 Å². The first kappa shape index (κ1) is 29.9. The largest absolute Gasteiger partial charge is 0.573 e. The van der Waals surface area contributed by atoms with Crippen LogP contribution >= 0.6 is 0 Å². The van der Waals surface area contributed by atoms with Gasteiger partial charge < -0.3 is 24.1 Å². The van der Waals surface area contributed by atoms with Gasteiger partial charge >= 0.3 is 12.4 Å². The molecule has 222 valence electrons. The molecule has 0 aliphatic rings. The zero-order valence-corrected chi connectivity index (χ0v) is 22.7. The van der Waals surface area contributed by atoms with Crippen LogP contribution in [0.1, 0.15) is 0 Å². The second-order valence-corrected chi connectivity index (χ2v) is 9.86. The molecule has 2 aromatic carbocycles. The first-order valence-corrected chi connectivity index (χ1v) is 13.1. The van der Waals surface area contributed by atoms with E-state index in [-0.39, 0.29) is 44.8 Å². The van der Waals surface area contributed by atoms with Crippen molar-refractivity contribution in [2.24, 2.45) is 0 Å². The number of hydrogen-bond acceptors (Lipinski definition) is 9. The summed E-state index contributed by atoms with van der Waals surface area (Å²) in [5.74, 6) is -1.92. The van der Waals surface area contributed by atoms with Gasteiger partial charge in [0.25, 0.3) is 10.0 Å². The minimum Gasteiger partial charge on any atom is -0.497 e. The van der Waals surface area contributed by atoms with Crippen LogP contribution in [0.15, 0.2) is 70.4 Å². The Morgan fingerprint density at radius 1 is 1.02 bits per heavy atom. The van der Waals surface area contributed by atoms with Crippen LogP contribution in [-0.4, -0.2) is 52.2 Å². The number of urea groups is 1. The molecule has 0 spiro atoms. The lowest BCUT2D eigenvalue weighted by Crippen LogP contribution is -2.35. The van der Waals surface area contributed by atoms with Crippen molar-refractivity contribution >= 4 is 33.4 Å². The van der Waals surface area contributed by atoms with Crippen molar-refractivity contribution in [1.82, 2.24) is 15.5 Å². The molecule has 4 aromatic rings. The predicted octanol–water partition coefficient (Wildman–Crippen LogP) is 5.07. The summed E-state index contributed by atoms with van der Waals surface area (Å²) < 4.78 is 101. The van der Waals surface area contributed by atoms with Crippen molar-refractivity contribution in [1.29, 1.82) is 0 Å². The standard InChI is InChI=1S/C25H21F4N5O7S/c1-30-24(35)34(23-5-4-17(13-31-23)42(36,37)33-22-6-7-40-32-22)20-12-19(26)18(11-21(20)39-3)14-8-15(38-2)10-16(9-14)41-25(27,28)29/h4-13H,1-3H3,(H,30,35)(H,32,33). The van der Waals surface area contributed by atoms with Gasteiger partial charge in [-0.2, -0.15) is 0 Å². The van der Waals surface area contributed by atoms with E-state index in [1.54, 1.807) is 0 Å². The molecule has 4 rings (SSSR count). The van der Waals surface area contributed by atoms with Gasteiger partial charge in [-0.15, -0.1) is 13.2 Å². The second-order valence-electron chi connectivity index (χ2n) is 8.18. The number of pyridine rings is 1. The van der Waals surface area contributed by atoms with Gasteiger partial charge in [0.1, 0.15) is 40.0 Å². The van der Waals surface area contributed by atoms with Crippen LogP contribution in [0.3, 0.4) is 0 Å². The molecule has 0 saturated carbocycles. The Hall–Kier alpha value is -5.06. The Morgan fingerprint density at radius 2 is 1.76 bits per heavy atom. The molecular weight excluding hydrogens is 590 g/mol. The van der Waals surface area contributed by atoms with E-state index in [4.69, 9.17) is 9.47 Å². The van der Waals surface area contributed by atoms with Crippen LogP contribution < -0.4 is 29.1 Å². The number of carbonyl (C=O) groups excluding carboxylic acids is 1. The summed E-state index contributed by atoms with van der Waals surface area (Å²) in [6, 6.07) is 8.11. The minimum absolute atomic E-state index is 0.0431. The van der Waals surface area contributed by atoms with E-state index in [1.165, 1.54) is 45.7 Å². The zero-order valence-electron chi connectivity index (χ0n) is 21.9. The van der Waals surface area contributed by atoms with Crippen molar-refractivity contribution in [2.75, 3.05) is 30.9 Å². The van der Waals surface area contributed by atoms with E-state index in [2.05, 4.69) is 29.4 Å². The molecular formula is C25H21F4N5O7S. The summed E-state index contributed by atoms with van der Waals surface area (Å²) in [4.78, 5) is 17.6. The lowest BCUT2D eigenvalue weighted by atomic mass is 10.0. The van der Waals surface area contributed by atoms with E-state index < -0.39 is 34.0 Å². The van der Waals surface area contributed by atoms with Crippen molar-refractivity contribution < 1.29 is 49.5 Å². The highest BCUT2D eigenvalue weighted by molar-refractivity contribution is 7.92. The summed E-state index contributed by atoms with van der Waals surface area (Å²) in [5.41, 5.74) is -0.405. The summed E-state index contributed by atoms with van der Waals surface area (Å²) in [7, 11) is -0.384. The fourth-order valence-electron chi connectivity index (χ4n) is 3.71. The lowest BCUT2D eigenvalue weighted by Gasteiger charge is -2.24. The van der Waals surface area contributed by atoms with Crippen LogP contribution in [0.25, 0.3) is 11.1 Å². The molecule has 12 nitrogen and oxygen atoms in total. The van der Waals surface area contributed by atoms with Crippen LogP contribution in [0.2, 0.25) is 0 Å². The number of carbonyl (C=O) groups is 1. The average molecular weight is 612 g/mol. The van der Waals surface area contributed by atoms with E-state index in [9.17, 15) is 26.4 Å². The van der Waals surface area contributed by atoms with Crippen LogP contribution in [0.5, 0.6) is 17.2 Å². The van der Waals surface area contributed by atoms with E-state index in [0.29, 0.717) is 0 Å². The molecule has 42 heavy (non-hydrogen) atoms. The smallest absolute Gasteiger partial charge is 0.497 e. The van der Waals surface area contributed by atoms with Gasteiger partial charge in [0.15, 0.2) is 5.82 Å². The first-order chi connectivity index (χ1) is 19.8. The van der Waals surface area contributed by atoms with Crippen LogP contribution in [0, 0.1) is 5.82 Å². The molecule has 0 unspecified atom stereocenters. The number of nitrogens with zero attached hydrogens (tertiary/aromatic N) is 3. The molecule has 2 heterocycles. The number of rotatable bonds is 9. The maximum Gasteiger partial charge on any atom is 0.573 e. The topological polar surface area (TPSA) is 145 Å². The number of aromatic nitrogens is 2. The number of nitrogens with one attached hydrogen (secondary N) is 2. The number of amides is 2. The highest BCUT2D eigenvalue weighted by Crippen LogP contribution is 2.41. The van der Waals surface area contributed by atoms with Gasteiger partial charge in [-0.3, -0.25) is 4.72 Å². The molecule has 0 saturated heterocycles. The number of benzene rings is 2. The number of ether oxygens (including phenoxy) is 3. The van der Waals surface area contributed by atoms with Crippen molar-refractivity contribution in [3.8, 4) is 28.4 Å². The second kappa shape index (κ2) is 11.8. The van der Waals surface area contributed by atoms with Crippen molar-refractivity contribution in [3.05, 3.63) is 66.8 Å². The number of anilines is 3. The molecule has 0 atom stereocenters. The molecule has 0 aliphatic carbocycles. The van der Waals surface area contributed by atoms with E-state index in [1.807, 2.05) is 0 Å². The van der Waals surface area contributed by atoms with E-state index >= 15 is 4.39 Å². The highest BCUT2D eigenvalue weighted by atomic mass is 32.2. The summed E-state index contributed by atoms with van der Waals surface area (Å²) in [6.07, 6.45) is -2.88. The van der Waals surface area contributed by atoms with Gasteiger partial charge in [-0.25, -0.2) is 27.5 Å². The van der Waals surface area contributed by atoms with Crippen molar-refractivity contribution in [3.63, 3.8) is 0 Å². The quantitative estimate of drug-likeness (QED) is 0.248. The number of methoxy groups -OCH3 is 2. The van der Waals surface area contributed by atoms with Crippen molar-refractivity contribution in [2.45, 2.75) is 11.3 Å². The average Bonchev–Trinajstić information content (AvgIpc) is 3.44. The summed E-state index contributed by atoms with van der Waals surface area (Å²) >= 11 is 0. The molecule has 0 aliphatic heterocycles. The molecule has 0 radical (unpaired) electrons. The number of alkyl halides is 3. The number of halogens is 4. The minimum atomic E-state index is -5.01. The monoisotopic (exact) mass is 611 g/mol. The SMILES string of the molecule is CNC(=O)N(c1ccc(S(=O)(=O)Nc2ccon2)cn1)c1cc(F)c(-c2cc(OC)cc(OC(F)(F)F)c2)cc1OC. The van der Waals surface area contributed by atoms with E-state index in [0.717, 1.165) is 41.4 Å². The van der Waals surface area contributed by atoms with Gasteiger partial charge in [0, 0.05) is 37.0 Å². The Bertz CT molecular complexity index is 1680. The Morgan fingerprint density at radius 3 is 2.33 bits per heavy atom. The fraction of sp³-hybridized carbons (Fsp3) is 0.160. The first-order valence-electron chi connectivity index (χ1n) is 11.6. The molecule has 0 fully saturated rings. The predicted molar refractivity (Wildman–Crippen MR) is 140 cm³/mol. The third kappa shape index (κ3) is 6.63. The molecule has 2 amide bonds.